The van der Waals surface area contributed by atoms with E-state index in [-0.39, 0.29) is 11.8 Å². The summed E-state index contributed by atoms with van der Waals surface area (Å²) in [5.74, 6) is 1.61. The highest BCUT2D eigenvalue weighted by Crippen LogP contribution is 2.29. The maximum Gasteiger partial charge on any atom is 0.242 e. The van der Waals surface area contributed by atoms with Gasteiger partial charge in [0.15, 0.2) is 11.5 Å². The number of ether oxygens (including phenoxy) is 2. The van der Waals surface area contributed by atoms with E-state index in [1.807, 2.05) is 70.2 Å². The van der Waals surface area contributed by atoms with Gasteiger partial charge in [-0.3, -0.25) is 9.59 Å². The molecule has 0 fully saturated rings. The Morgan fingerprint density at radius 2 is 1.54 bits per heavy atom. The summed E-state index contributed by atoms with van der Waals surface area (Å²) in [6.45, 7) is 14.1. The fourth-order valence-electron chi connectivity index (χ4n) is 3.88. The van der Waals surface area contributed by atoms with Crippen molar-refractivity contribution in [2.24, 2.45) is 5.92 Å². The Balaban J connectivity index is 2.21. The molecule has 0 aliphatic heterocycles. The van der Waals surface area contributed by atoms with E-state index in [1.54, 1.807) is 4.90 Å². The predicted octanol–water partition coefficient (Wildman–Crippen LogP) is 5.30. The van der Waals surface area contributed by atoms with Gasteiger partial charge in [0.2, 0.25) is 11.8 Å². The Labute approximate surface area is 211 Å². The molecule has 6 heteroatoms. The van der Waals surface area contributed by atoms with Gasteiger partial charge in [0.05, 0.1) is 13.2 Å². The second kappa shape index (κ2) is 14.4. The predicted molar refractivity (Wildman–Crippen MR) is 141 cm³/mol. The zero-order valence-electron chi connectivity index (χ0n) is 22.2. The van der Waals surface area contributed by atoms with Crippen LogP contribution in [-0.2, 0) is 22.6 Å². The molecule has 0 radical (unpaired) electrons. The lowest BCUT2D eigenvalue weighted by Gasteiger charge is -2.31. The number of hydrogen-bond donors (Lipinski definition) is 1. The van der Waals surface area contributed by atoms with Gasteiger partial charge in [-0.1, -0.05) is 56.7 Å². The number of nitrogens with zero attached hydrogens (tertiary/aromatic N) is 1. The molecule has 0 bridgehead atoms. The average molecular weight is 483 g/mol. The molecule has 0 saturated heterocycles. The number of rotatable bonds is 14. The van der Waals surface area contributed by atoms with Crippen LogP contribution in [0.15, 0.2) is 42.5 Å². The summed E-state index contributed by atoms with van der Waals surface area (Å²) in [4.78, 5) is 28.3. The van der Waals surface area contributed by atoms with E-state index in [4.69, 9.17) is 9.47 Å². The minimum Gasteiger partial charge on any atom is -0.490 e. The zero-order valence-corrected chi connectivity index (χ0v) is 22.2. The molecule has 192 valence electrons. The maximum absolute atomic E-state index is 13.5. The Bertz CT molecular complexity index is 940. The molecule has 0 aliphatic carbocycles. The summed E-state index contributed by atoms with van der Waals surface area (Å²) in [5.41, 5.74) is 3.17. The molecule has 0 spiro atoms. The first-order valence-corrected chi connectivity index (χ1v) is 12.8. The van der Waals surface area contributed by atoms with Crippen LogP contribution in [0.25, 0.3) is 0 Å². The molecule has 0 heterocycles. The highest BCUT2D eigenvalue weighted by atomic mass is 16.5. The Morgan fingerprint density at radius 1 is 0.914 bits per heavy atom. The van der Waals surface area contributed by atoms with E-state index in [9.17, 15) is 9.59 Å². The highest BCUT2D eigenvalue weighted by molar-refractivity contribution is 5.87. The van der Waals surface area contributed by atoms with E-state index >= 15 is 0 Å². The van der Waals surface area contributed by atoms with Crippen molar-refractivity contribution in [3.05, 3.63) is 59.2 Å². The fraction of sp³-hybridized carbons (Fsp3) is 0.517. The summed E-state index contributed by atoms with van der Waals surface area (Å²) in [6, 6.07) is 13.4. The van der Waals surface area contributed by atoms with Gasteiger partial charge in [-0.15, -0.1) is 0 Å². The number of aryl methyl sites for hydroxylation is 2. The van der Waals surface area contributed by atoms with Crippen LogP contribution in [-0.4, -0.2) is 42.5 Å². The summed E-state index contributed by atoms with van der Waals surface area (Å²) in [5, 5.41) is 3.01. The number of hydrogen-bond acceptors (Lipinski definition) is 4. The third-order valence-electron chi connectivity index (χ3n) is 5.78. The highest BCUT2D eigenvalue weighted by Gasteiger charge is 2.28. The van der Waals surface area contributed by atoms with E-state index in [1.165, 1.54) is 0 Å². The molecule has 2 aromatic rings. The van der Waals surface area contributed by atoms with Gasteiger partial charge in [-0.05, 0) is 62.8 Å². The molecule has 0 aliphatic rings. The second-order valence-corrected chi connectivity index (χ2v) is 9.22. The molecule has 0 saturated carbocycles. The molecule has 1 atom stereocenters. The van der Waals surface area contributed by atoms with Crippen LogP contribution in [0.4, 0.5) is 0 Å². The molecular weight excluding hydrogens is 440 g/mol. The largest absolute Gasteiger partial charge is 0.490 e. The second-order valence-electron chi connectivity index (χ2n) is 9.22. The van der Waals surface area contributed by atoms with Gasteiger partial charge in [-0.25, -0.2) is 0 Å². The van der Waals surface area contributed by atoms with Crippen LogP contribution < -0.4 is 14.8 Å². The lowest BCUT2D eigenvalue weighted by molar-refractivity contribution is -0.141. The third-order valence-corrected chi connectivity index (χ3v) is 5.78. The first-order valence-electron chi connectivity index (χ1n) is 12.8. The van der Waals surface area contributed by atoms with Crippen molar-refractivity contribution in [2.45, 2.75) is 73.4 Å². The van der Waals surface area contributed by atoms with Gasteiger partial charge in [-0.2, -0.15) is 0 Å². The van der Waals surface area contributed by atoms with Crippen LogP contribution >= 0.6 is 0 Å². The fourth-order valence-corrected chi connectivity index (χ4v) is 3.88. The van der Waals surface area contributed by atoms with Gasteiger partial charge in [0, 0.05) is 19.5 Å². The van der Waals surface area contributed by atoms with Crippen molar-refractivity contribution in [1.82, 2.24) is 10.2 Å². The molecule has 6 nitrogen and oxygen atoms in total. The summed E-state index contributed by atoms with van der Waals surface area (Å²) >= 11 is 0. The SMILES string of the molecule is CCOc1ccc(CCC(=O)N(Cc2ccc(C)cc2)C(CC)C(=O)NCC(C)C)cc1OCC. The van der Waals surface area contributed by atoms with E-state index in [0.717, 1.165) is 16.7 Å². The summed E-state index contributed by atoms with van der Waals surface area (Å²) < 4.78 is 11.4. The normalized spacial score (nSPS) is 11.7. The number of nitrogens with one attached hydrogen (secondary N) is 1. The van der Waals surface area contributed by atoms with Crippen molar-refractivity contribution < 1.29 is 19.1 Å². The number of amides is 2. The minimum atomic E-state index is -0.512. The van der Waals surface area contributed by atoms with Gasteiger partial charge >= 0.3 is 0 Å². The van der Waals surface area contributed by atoms with Crippen LogP contribution in [0.5, 0.6) is 11.5 Å². The van der Waals surface area contributed by atoms with Crippen molar-refractivity contribution in [3.8, 4) is 11.5 Å². The lowest BCUT2D eigenvalue weighted by Crippen LogP contribution is -2.49. The molecular formula is C29H42N2O4. The summed E-state index contributed by atoms with van der Waals surface area (Å²) in [7, 11) is 0. The standard InChI is InChI=1S/C29H42N2O4/c1-7-25(29(33)30-19-21(4)5)31(20-24-12-10-22(6)11-13-24)28(32)17-15-23-14-16-26(34-8-2)27(18-23)35-9-3/h10-14,16,18,21,25H,7-9,15,17,19-20H2,1-6H3,(H,30,33). The first-order chi connectivity index (χ1) is 16.8. The van der Waals surface area contributed by atoms with E-state index in [0.29, 0.717) is 63.0 Å². The molecule has 1 unspecified atom stereocenters. The molecule has 2 aromatic carbocycles. The van der Waals surface area contributed by atoms with Gasteiger partial charge < -0.3 is 19.7 Å². The van der Waals surface area contributed by atoms with Crippen molar-refractivity contribution in [2.75, 3.05) is 19.8 Å². The number of benzene rings is 2. The van der Waals surface area contributed by atoms with Crippen LogP contribution in [0.2, 0.25) is 0 Å². The first kappa shape index (κ1) is 28.2. The zero-order chi connectivity index (χ0) is 25.8. The van der Waals surface area contributed by atoms with Crippen LogP contribution in [0.3, 0.4) is 0 Å². The Hall–Kier alpha value is -3.02. The molecule has 2 amide bonds. The van der Waals surface area contributed by atoms with Crippen molar-refractivity contribution in [1.29, 1.82) is 0 Å². The average Bonchev–Trinajstić information content (AvgIpc) is 2.84. The van der Waals surface area contributed by atoms with Crippen LogP contribution in [0.1, 0.15) is 64.2 Å². The number of carbonyl (C=O) groups excluding carboxylic acids is 2. The van der Waals surface area contributed by atoms with Gasteiger partial charge in [0.1, 0.15) is 6.04 Å². The molecule has 2 rings (SSSR count). The monoisotopic (exact) mass is 482 g/mol. The van der Waals surface area contributed by atoms with E-state index in [2.05, 4.69) is 19.2 Å². The third kappa shape index (κ3) is 8.93. The van der Waals surface area contributed by atoms with Gasteiger partial charge in [0.25, 0.3) is 0 Å². The topological polar surface area (TPSA) is 67.9 Å². The molecule has 0 aromatic heterocycles. The summed E-state index contributed by atoms with van der Waals surface area (Å²) in [6.07, 6.45) is 1.41. The van der Waals surface area contributed by atoms with Crippen molar-refractivity contribution in [3.63, 3.8) is 0 Å². The molecule has 1 N–H and O–H groups in total. The Kier molecular flexibility index (Phi) is 11.6. The van der Waals surface area contributed by atoms with E-state index < -0.39 is 6.04 Å². The Morgan fingerprint density at radius 3 is 2.14 bits per heavy atom. The minimum absolute atomic E-state index is 0.0380. The molecule has 35 heavy (non-hydrogen) atoms. The lowest BCUT2D eigenvalue weighted by atomic mass is 10.0. The number of carbonyl (C=O) groups is 2. The van der Waals surface area contributed by atoms with Crippen molar-refractivity contribution >= 4 is 11.8 Å². The maximum atomic E-state index is 13.5. The van der Waals surface area contributed by atoms with Crippen LogP contribution in [0, 0.1) is 12.8 Å². The quantitative estimate of drug-likeness (QED) is 0.397. The smallest absolute Gasteiger partial charge is 0.242 e.